The van der Waals surface area contributed by atoms with Crippen molar-refractivity contribution in [2.24, 2.45) is 23.3 Å². The van der Waals surface area contributed by atoms with E-state index in [0.717, 1.165) is 11.1 Å². The molecule has 20 heteroatoms. The second-order valence-electron chi connectivity index (χ2n) is 18.4. The number of nitrogens with zero attached hydrogens (tertiary/aromatic N) is 2. The van der Waals surface area contributed by atoms with E-state index in [9.17, 15) is 47.9 Å². The molecule has 10 amide bonds. The maximum absolute atomic E-state index is 13.4. The fourth-order valence-corrected chi connectivity index (χ4v) is 8.42. The summed E-state index contributed by atoms with van der Waals surface area (Å²) in [6.07, 6.45) is 3.87. The second-order valence-corrected chi connectivity index (χ2v) is 18.4. The van der Waals surface area contributed by atoms with E-state index in [1.165, 1.54) is 9.80 Å². The summed E-state index contributed by atoms with van der Waals surface area (Å²) in [5.41, 5.74) is 12.8. The molecule has 2 aromatic carbocycles. The molecule has 2 saturated heterocycles. The van der Waals surface area contributed by atoms with Crippen LogP contribution in [0.1, 0.15) is 103 Å². The van der Waals surface area contributed by atoms with E-state index in [1.807, 2.05) is 74.5 Å². The van der Waals surface area contributed by atoms with Gasteiger partial charge in [-0.1, -0.05) is 101 Å². The van der Waals surface area contributed by atoms with Gasteiger partial charge in [0.15, 0.2) is 0 Å². The summed E-state index contributed by atoms with van der Waals surface area (Å²) in [6.45, 7) is 7.16. The van der Waals surface area contributed by atoms with Crippen LogP contribution in [0.5, 0.6) is 0 Å². The smallest absolute Gasteiger partial charge is 0.245 e. The molecular formula is C50H72N10O10. The van der Waals surface area contributed by atoms with Crippen LogP contribution in [0, 0.1) is 11.8 Å². The Hall–Kier alpha value is -6.86. The molecule has 8 atom stereocenters. The van der Waals surface area contributed by atoms with E-state index in [1.54, 1.807) is 13.8 Å². The average Bonchev–Trinajstić information content (AvgIpc) is 3.33. The fraction of sp³-hybridized carbons (Fsp3) is 0.560. The minimum atomic E-state index is -1.01. The molecule has 2 unspecified atom stereocenters. The molecule has 2 aliphatic heterocycles. The highest BCUT2D eigenvalue weighted by Gasteiger charge is 2.36. The largest absolute Gasteiger partial charge is 0.368 e. The van der Waals surface area contributed by atoms with Gasteiger partial charge in [0.2, 0.25) is 59.1 Å². The van der Waals surface area contributed by atoms with Crippen LogP contribution in [-0.4, -0.2) is 131 Å². The molecule has 10 N–H and O–H groups in total. The zero-order chi connectivity index (χ0) is 51.3. The van der Waals surface area contributed by atoms with Crippen molar-refractivity contribution in [2.75, 3.05) is 26.2 Å². The van der Waals surface area contributed by atoms with Crippen LogP contribution in [0.15, 0.2) is 60.7 Å². The Morgan fingerprint density at radius 1 is 0.557 bits per heavy atom. The molecule has 0 aliphatic carbocycles. The Kier molecular flexibility index (Phi) is 22.3. The number of nitrogens with two attached hydrogens (primary N) is 2. The lowest BCUT2D eigenvalue weighted by atomic mass is 9.97. The van der Waals surface area contributed by atoms with Gasteiger partial charge in [-0.2, -0.15) is 0 Å². The molecule has 2 aromatic rings. The fourth-order valence-electron chi connectivity index (χ4n) is 8.42. The average molecular weight is 973 g/mol. The molecule has 0 bridgehead atoms. The van der Waals surface area contributed by atoms with E-state index in [2.05, 4.69) is 31.9 Å². The van der Waals surface area contributed by atoms with Crippen molar-refractivity contribution < 1.29 is 47.9 Å². The summed E-state index contributed by atoms with van der Waals surface area (Å²) in [6, 6.07) is 12.4. The standard InChI is InChI=1S/C50H72N10O10/c1-5-31(3)43(47(67)55-37(45(51)65)27-33-17-9-7-10-18-33)57-41(63)29-59-25-15-21-35(49(59)69)53-39(61)23-13-14-24-40(62)54-36-22-16-26-60(50(36)70)30-42(64)58-44(32(4)6-2)48(68)56-38(46(52)66)28-34-19-11-8-12-20-34/h7-12,17-20,31-32,35-38,43-44H,5-6,13-16,21-30H2,1-4H3,(H2,51,65)(H2,52,66)(H,53,61)(H,54,62)(H,55,67)(H,56,68)(H,57,63)(H,58,64)/t31-,32-,35?,36?,37-,38-,43-,44-/m0/s1. The summed E-state index contributed by atoms with van der Waals surface area (Å²) in [7, 11) is 0. The van der Waals surface area contributed by atoms with Crippen molar-refractivity contribution in [1.82, 2.24) is 41.7 Å². The Bertz CT molecular complexity index is 1990. The summed E-state index contributed by atoms with van der Waals surface area (Å²) >= 11 is 0. The number of carbonyl (C=O) groups excluding carboxylic acids is 10. The minimum Gasteiger partial charge on any atom is -0.368 e. The zero-order valence-electron chi connectivity index (χ0n) is 40.8. The first-order chi connectivity index (χ1) is 33.4. The third-order valence-corrected chi connectivity index (χ3v) is 13.0. The molecular weight excluding hydrogens is 901 g/mol. The number of hydrogen-bond acceptors (Lipinski definition) is 10. The van der Waals surface area contributed by atoms with Crippen LogP contribution >= 0.6 is 0 Å². The van der Waals surface area contributed by atoms with E-state index in [4.69, 9.17) is 11.5 Å². The van der Waals surface area contributed by atoms with E-state index in [0.29, 0.717) is 51.4 Å². The van der Waals surface area contributed by atoms with Crippen LogP contribution < -0.4 is 43.4 Å². The van der Waals surface area contributed by atoms with Gasteiger partial charge in [-0.25, -0.2) is 0 Å². The summed E-state index contributed by atoms with van der Waals surface area (Å²) in [5, 5.41) is 16.3. The lowest BCUT2D eigenvalue weighted by Crippen LogP contribution is -2.58. The van der Waals surface area contributed by atoms with Crippen LogP contribution in [0.2, 0.25) is 0 Å². The number of hydrogen-bond donors (Lipinski definition) is 8. The predicted molar refractivity (Wildman–Crippen MR) is 259 cm³/mol. The number of piperidine rings is 2. The van der Waals surface area contributed by atoms with Gasteiger partial charge in [0.25, 0.3) is 0 Å². The van der Waals surface area contributed by atoms with Gasteiger partial charge in [0, 0.05) is 38.8 Å². The molecule has 0 radical (unpaired) electrons. The van der Waals surface area contributed by atoms with E-state index in [-0.39, 0.29) is 63.7 Å². The minimum absolute atomic E-state index is 0.0247. The van der Waals surface area contributed by atoms with Gasteiger partial charge in [-0.15, -0.1) is 0 Å². The second kappa shape index (κ2) is 28.0. The Labute approximate surface area is 409 Å². The van der Waals surface area contributed by atoms with Gasteiger partial charge in [-0.05, 0) is 61.5 Å². The van der Waals surface area contributed by atoms with Crippen molar-refractivity contribution in [3.05, 3.63) is 71.8 Å². The molecule has 20 nitrogen and oxygen atoms in total. The highest BCUT2D eigenvalue weighted by atomic mass is 16.2. The normalized spacial score (nSPS) is 18.5. The topological polar surface area (TPSA) is 301 Å². The number of nitrogens with one attached hydrogen (secondary N) is 6. The summed E-state index contributed by atoms with van der Waals surface area (Å²) < 4.78 is 0. The van der Waals surface area contributed by atoms with Crippen molar-refractivity contribution in [1.29, 1.82) is 0 Å². The number of primary amides is 2. The van der Waals surface area contributed by atoms with Crippen molar-refractivity contribution in [3.63, 3.8) is 0 Å². The SMILES string of the molecule is CC[C@H](C)[C@H](NC(=O)CN1CCCC(NC(=O)CCCCC(=O)NC2CCCN(CC(=O)N[C@H](C(=O)N[C@@H](Cc3ccccc3)C(N)=O)[C@@H](C)CC)C2=O)C1=O)C(=O)N[C@@H](Cc1ccccc1)C(N)=O. The Balaban J connectivity index is 1.19. The van der Waals surface area contributed by atoms with Gasteiger partial charge < -0.3 is 53.2 Å². The number of unbranched alkanes of at least 4 members (excludes halogenated alkanes) is 1. The van der Waals surface area contributed by atoms with Crippen molar-refractivity contribution >= 4 is 59.1 Å². The van der Waals surface area contributed by atoms with E-state index < -0.39 is 95.3 Å². The lowest BCUT2D eigenvalue weighted by Gasteiger charge is -2.33. The number of carbonyl (C=O) groups is 10. The first kappa shape index (κ1) is 55.7. The number of likely N-dealkylation sites (tertiary alicyclic amines) is 2. The molecule has 2 fully saturated rings. The maximum atomic E-state index is 13.4. The van der Waals surface area contributed by atoms with Crippen LogP contribution in [0.3, 0.4) is 0 Å². The third-order valence-electron chi connectivity index (χ3n) is 13.0. The van der Waals surface area contributed by atoms with Gasteiger partial charge in [0.1, 0.15) is 36.3 Å². The van der Waals surface area contributed by atoms with Gasteiger partial charge >= 0.3 is 0 Å². The molecule has 70 heavy (non-hydrogen) atoms. The molecule has 2 aliphatic rings. The number of benzene rings is 2. The quantitative estimate of drug-likeness (QED) is 0.0565. The summed E-state index contributed by atoms with van der Waals surface area (Å²) in [4.78, 5) is 133. The molecule has 0 aromatic heterocycles. The monoisotopic (exact) mass is 973 g/mol. The molecule has 4 rings (SSSR count). The predicted octanol–water partition coefficient (Wildman–Crippen LogP) is 0.249. The maximum Gasteiger partial charge on any atom is 0.245 e. The summed E-state index contributed by atoms with van der Waals surface area (Å²) in [5.74, 6) is -6.04. The molecule has 2 heterocycles. The zero-order valence-corrected chi connectivity index (χ0v) is 40.8. The van der Waals surface area contributed by atoms with E-state index >= 15 is 0 Å². The highest BCUT2D eigenvalue weighted by molar-refractivity contribution is 5.96. The highest BCUT2D eigenvalue weighted by Crippen LogP contribution is 2.17. The Morgan fingerprint density at radius 2 is 0.914 bits per heavy atom. The van der Waals surface area contributed by atoms with Gasteiger partial charge in [0.05, 0.1) is 13.1 Å². The first-order valence-electron chi connectivity index (χ1n) is 24.4. The van der Waals surface area contributed by atoms with Crippen LogP contribution in [0.4, 0.5) is 0 Å². The van der Waals surface area contributed by atoms with Gasteiger partial charge in [-0.3, -0.25) is 47.9 Å². The number of rotatable bonds is 27. The van der Waals surface area contributed by atoms with Crippen LogP contribution in [0.25, 0.3) is 0 Å². The van der Waals surface area contributed by atoms with Crippen molar-refractivity contribution in [2.45, 2.75) is 141 Å². The molecule has 382 valence electrons. The lowest BCUT2D eigenvalue weighted by molar-refractivity contribution is -0.142. The van der Waals surface area contributed by atoms with Crippen LogP contribution in [-0.2, 0) is 60.8 Å². The number of amides is 10. The first-order valence-corrected chi connectivity index (χ1v) is 24.4. The third kappa shape index (κ3) is 17.6. The molecule has 0 spiro atoms. The Morgan fingerprint density at radius 3 is 1.24 bits per heavy atom. The van der Waals surface area contributed by atoms with Crippen molar-refractivity contribution in [3.8, 4) is 0 Å². The molecule has 0 saturated carbocycles.